The number of likely N-dealkylation sites (tertiary alicyclic amines) is 1. The molecule has 0 saturated carbocycles. The summed E-state index contributed by atoms with van der Waals surface area (Å²) in [6.07, 6.45) is 1.82. The Morgan fingerprint density at radius 3 is 2.33 bits per heavy atom. The van der Waals surface area contributed by atoms with Crippen molar-refractivity contribution in [2.45, 2.75) is 44.6 Å². The molecule has 0 N–H and O–H groups in total. The second-order valence-corrected chi connectivity index (χ2v) is 7.93. The maximum atomic E-state index is 12.8. The van der Waals surface area contributed by atoms with Crippen molar-refractivity contribution in [1.82, 2.24) is 9.21 Å². The molecule has 1 fully saturated rings. The van der Waals surface area contributed by atoms with E-state index in [1.165, 1.54) is 0 Å². The van der Waals surface area contributed by atoms with E-state index in [9.17, 15) is 8.42 Å². The minimum atomic E-state index is -3.39. The first-order valence-electron chi connectivity index (χ1n) is 7.64. The Labute approximate surface area is 128 Å². The first-order chi connectivity index (χ1) is 9.86. The summed E-state index contributed by atoms with van der Waals surface area (Å²) < 4.78 is 27.1. The average Bonchev–Trinajstić information content (AvgIpc) is 2.49. The number of piperidine rings is 1. The third kappa shape index (κ3) is 3.47. The van der Waals surface area contributed by atoms with Gasteiger partial charge in [-0.3, -0.25) is 0 Å². The van der Waals surface area contributed by atoms with E-state index in [0.29, 0.717) is 4.90 Å². The summed E-state index contributed by atoms with van der Waals surface area (Å²) >= 11 is 0. The Morgan fingerprint density at radius 1 is 1.19 bits per heavy atom. The molecule has 1 heterocycles. The quantitative estimate of drug-likeness (QED) is 0.857. The van der Waals surface area contributed by atoms with Gasteiger partial charge >= 0.3 is 0 Å². The van der Waals surface area contributed by atoms with Gasteiger partial charge in [0.2, 0.25) is 10.0 Å². The molecule has 1 aromatic rings. The molecule has 1 aliphatic heterocycles. The summed E-state index contributed by atoms with van der Waals surface area (Å²) in [5, 5.41) is 0. The van der Waals surface area contributed by atoms with Crippen LogP contribution in [0.2, 0.25) is 0 Å². The summed E-state index contributed by atoms with van der Waals surface area (Å²) in [4.78, 5) is 2.78. The zero-order valence-electron chi connectivity index (χ0n) is 13.5. The van der Waals surface area contributed by atoms with Crippen LogP contribution in [0, 0.1) is 13.8 Å². The van der Waals surface area contributed by atoms with Gasteiger partial charge in [-0.2, -0.15) is 4.31 Å². The van der Waals surface area contributed by atoms with Crippen LogP contribution in [0.1, 0.15) is 30.9 Å². The Balaban J connectivity index is 2.17. The van der Waals surface area contributed by atoms with Crippen molar-refractivity contribution in [1.29, 1.82) is 0 Å². The lowest BCUT2D eigenvalue weighted by Gasteiger charge is -2.35. The van der Waals surface area contributed by atoms with Crippen LogP contribution in [0.5, 0.6) is 0 Å². The molecule has 2 rings (SSSR count). The van der Waals surface area contributed by atoms with Crippen molar-refractivity contribution in [3.8, 4) is 0 Å². The van der Waals surface area contributed by atoms with Crippen LogP contribution in [0.15, 0.2) is 23.1 Å². The Bertz CT molecular complexity index is 590. The smallest absolute Gasteiger partial charge is 0.243 e. The summed E-state index contributed by atoms with van der Waals surface area (Å²) in [6.45, 7) is 9.10. The number of hydrogen-bond donors (Lipinski definition) is 0. The first kappa shape index (κ1) is 16.5. The highest BCUT2D eigenvalue weighted by atomic mass is 32.2. The molecule has 4 nitrogen and oxygen atoms in total. The van der Waals surface area contributed by atoms with E-state index in [-0.39, 0.29) is 6.04 Å². The van der Waals surface area contributed by atoms with E-state index in [2.05, 4.69) is 11.8 Å². The van der Waals surface area contributed by atoms with Crippen molar-refractivity contribution >= 4 is 10.0 Å². The monoisotopic (exact) mass is 310 g/mol. The first-order valence-corrected chi connectivity index (χ1v) is 9.08. The molecule has 0 unspecified atom stereocenters. The molecule has 0 aliphatic carbocycles. The lowest BCUT2D eigenvalue weighted by Crippen LogP contribution is -2.45. The van der Waals surface area contributed by atoms with Crippen molar-refractivity contribution in [2.75, 3.05) is 26.7 Å². The summed E-state index contributed by atoms with van der Waals surface area (Å²) in [5.41, 5.74) is 2.14. The van der Waals surface area contributed by atoms with Crippen molar-refractivity contribution in [3.63, 3.8) is 0 Å². The maximum Gasteiger partial charge on any atom is 0.243 e. The zero-order chi connectivity index (χ0) is 15.6. The zero-order valence-corrected chi connectivity index (χ0v) is 14.3. The minimum Gasteiger partial charge on any atom is -0.303 e. The molecule has 0 radical (unpaired) electrons. The highest BCUT2D eigenvalue weighted by Crippen LogP contribution is 2.24. The third-order valence-corrected chi connectivity index (χ3v) is 6.58. The standard InChI is InChI=1S/C16H26N2O2S/c1-5-18-10-8-15(9-11-18)17(4)21(19,20)16-7-6-13(2)14(3)12-16/h6-7,12,15H,5,8-11H2,1-4H3. The highest BCUT2D eigenvalue weighted by molar-refractivity contribution is 7.89. The molecule has 21 heavy (non-hydrogen) atoms. The van der Waals surface area contributed by atoms with Gasteiger partial charge < -0.3 is 4.90 Å². The van der Waals surface area contributed by atoms with E-state index in [4.69, 9.17) is 0 Å². The van der Waals surface area contributed by atoms with Gasteiger partial charge in [0.15, 0.2) is 0 Å². The van der Waals surface area contributed by atoms with Gasteiger partial charge in [-0.25, -0.2) is 8.42 Å². The largest absolute Gasteiger partial charge is 0.303 e. The molecule has 0 atom stereocenters. The molecule has 1 saturated heterocycles. The van der Waals surface area contributed by atoms with Crippen LogP contribution in [0.3, 0.4) is 0 Å². The molecule has 1 aliphatic rings. The van der Waals surface area contributed by atoms with Gasteiger partial charge in [-0.15, -0.1) is 0 Å². The second kappa shape index (κ2) is 6.46. The van der Waals surface area contributed by atoms with Gasteiger partial charge in [0, 0.05) is 13.1 Å². The topological polar surface area (TPSA) is 40.6 Å². The summed E-state index contributed by atoms with van der Waals surface area (Å²) in [6, 6.07) is 5.49. The fraction of sp³-hybridized carbons (Fsp3) is 0.625. The average molecular weight is 310 g/mol. The third-order valence-electron chi connectivity index (χ3n) is 4.67. The molecule has 118 valence electrons. The van der Waals surface area contributed by atoms with Gasteiger partial charge in [0.05, 0.1) is 4.90 Å². The normalized spacial score (nSPS) is 18.3. The number of hydrogen-bond acceptors (Lipinski definition) is 3. The Morgan fingerprint density at radius 2 is 1.81 bits per heavy atom. The number of benzene rings is 1. The van der Waals surface area contributed by atoms with Gasteiger partial charge in [0.25, 0.3) is 0 Å². The molecule has 5 heteroatoms. The SMILES string of the molecule is CCN1CCC(N(C)S(=O)(=O)c2ccc(C)c(C)c2)CC1. The Kier molecular flexibility index (Phi) is 5.07. The lowest BCUT2D eigenvalue weighted by atomic mass is 10.1. The van der Waals surface area contributed by atoms with Crippen LogP contribution in [-0.2, 0) is 10.0 Å². The van der Waals surface area contributed by atoms with Crippen molar-refractivity contribution in [2.24, 2.45) is 0 Å². The fourth-order valence-corrected chi connectivity index (χ4v) is 4.34. The number of aryl methyl sites for hydroxylation is 2. The van der Waals surface area contributed by atoms with Crippen LogP contribution in [-0.4, -0.2) is 50.3 Å². The molecule has 0 amide bonds. The second-order valence-electron chi connectivity index (χ2n) is 5.93. The van der Waals surface area contributed by atoms with Crippen LogP contribution >= 0.6 is 0 Å². The summed E-state index contributed by atoms with van der Waals surface area (Å²) in [7, 11) is -1.67. The van der Waals surface area contributed by atoms with E-state index >= 15 is 0 Å². The molecular weight excluding hydrogens is 284 g/mol. The Hall–Kier alpha value is -0.910. The molecule has 1 aromatic carbocycles. The van der Waals surface area contributed by atoms with Crippen molar-refractivity contribution < 1.29 is 8.42 Å². The van der Waals surface area contributed by atoms with E-state index in [1.54, 1.807) is 23.5 Å². The van der Waals surface area contributed by atoms with E-state index in [0.717, 1.165) is 43.6 Å². The lowest BCUT2D eigenvalue weighted by molar-refractivity contribution is 0.176. The predicted molar refractivity (Wildman–Crippen MR) is 86.0 cm³/mol. The minimum absolute atomic E-state index is 0.111. The number of rotatable bonds is 4. The molecule has 0 spiro atoms. The number of sulfonamides is 1. The molecule has 0 bridgehead atoms. The van der Waals surface area contributed by atoms with E-state index in [1.807, 2.05) is 19.9 Å². The van der Waals surface area contributed by atoms with Gasteiger partial charge in [-0.1, -0.05) is 13.0 Å². The highest BCUT2D eigenvalue weighted by Gasteiger charge is 2.30. The molecule has 0 aromatic heterocycles. The van der Waals surface area contributed by atoms with Crippen molar-refractivity contribution in [3.05, 3.63) is 29.3 Å². The van der Waals surface area contributed by atoms with Crippen LogP contribution < -0.4 is 0 Å². The van der Waals surface area contributed by atoms with E-state index < -0.39 is 10.0 Å². The van der Waals surface area contributed by atoms with Crippen LogP contribution in [0.25, 0.3) is 0 Å². The van der Waals surface area contributed by atoms with Gasteiger partial charge in [0.1, 0.15) is 0 Å². The fourth-order valence-electron chi connectivity index (χ4n) is 2.84. The van der Waals surface area contributed by atoms with Crippen LogP contribution in [0.4, 0.5) is 0 Å². The van der Waals surface area contributed by atoms with Gasteiger partial charge in [-0.05, 0) is 69.6 Å². The predicted octanol–water partition coefficient (Wildman–Crippen LogP) is 2.41. The summed E-state index contributed by atoms with van der Waals surface area (Å²) in [5.74, 6) is 0. The maximum absolute atomic E-state index is 12.8. The number of nitrogens with zero attached hydrogens (tertiary/aromatic N) is 2. The molecular formula is C16H26N2O2S.